The van der Waals surface area contributed by atoms with E-state index in [4.69, 9.17) is 20.9 Å². The van der Waals surface area contributed by atoms with Crippen LogP contribution in [0.15, 0.2) is 12.3 Å². The first-order chi connectivity index (χ1) is 10.9. The summed E-state index contributed by atoms with van der Waals surface area (Å²) < 4.78 is 22.8. The highest BCUT2D eigenvalue weighted by atomic mass is 35.5. The van der Waals surface area contributed by atoms with E-state index in [1.807, 2.05) is 0 Å². The normalized spacial score (nSPS) is 13.9. The van der Waals surface area contributed by atoms with Crippen molar-refractivity contribution in [3.8, 4) is 0 Å². The molecule has 2 aromatic heterocycles. The Balaban J connectivity index is 2.32. The standard InChI is InChI=1S/C12H16ClN4O5P/c1-3-21-11(18)9-7-17-8(5-10(13)16-12(17)15-9)6-14-23(19,20)22-4-2/h5,7H,3-4,6H2,1-2H3,(H2,14,19,20). The minimum atomic E-state index is -3.91. The lowest BCUT2D eigenvalue weighted by molar-refractivity contribution is 0.0520. The van der Waals surface area contributed by atoms with Gasteiger partial charge in [-0.15, -0.1) is 0 Å². The summed E-state index contributed by atoms with van der Waals surface area (Å²) in [5.41, 5.74) is 0.553. The molecule has 0 amide bonds. The quantitative estimate of drug-likeness (QED) is 0.435. The molecule has 0 aliphatic heterocycles. The number of fused-ring (bicyclic) bond motifs is 1. The topological polar surface area (TPSA) is 115 Å². The third-order valence-electron chi connectivity index (χ3n) is 2.74. The van der Waals surface area contributed by atoms with Gasteiger partial charge in [-0.2, -0.15) is 0 Å². The summed E-state index contributed by atoms with van der Waals surface area (Å²) in [5, 5.41) is 2.54. The highest BCUT2D eigenvalue weighted by Crippen LogP contribution is 2.36. The van der Waals surface area contributed by atoms with E-state index in [0.29, 0.717) is 5.69 Å². The molecule has 0 aliphatic rings. The molecule has 0 saturated carbocycles. The summed E-state index contributed by atoms with van der Waals surface area (Å²) in [7, 11) is -3.91. The molecule has 1 atom stereocenters. The number of halogens is 1. The lowest BCUT2D eigenvalue weighted by Gasteiger charge is -2.12. The van der Waals surface area contributed by atoms with Crippen LogP contribution < -0.4 is 5.09 Å². The third kappa shape index (κ3) is 4.49. The zero-order valence-corrected chi connectivity index (χ0v) is 14.2. The van der Waals surface area contributed by atoms with Gasteiger partial charge in [0.05, 0.1) is 13.2 Å². The molecule has 126 valence electrons. The highest BCUT2D eigenvalue weighted by molar-refractivity contribution is 7.50. The minimum Gasteiger partial charge on any atom is -0.461 e. The van der Waals surface area contributed by atoms with Crippen LogP contribution >= 0.6 is 19.3 Å². The molecule has 0 spiro atoms. The highest BCUT2D eigenvalue weighted by Gasteiger charge is 2.20. The minimum absolute atomic E-state index is 0.0366. The van der Waals surface area contributed by atoms with E-state index in [9.17, 15) is 14.3 Å². The largest absolute Gasteiger partial charge is 0.461 e. The van der Waals surface area contributed by atoms with Gasteiger partial charge >= 0.3 is 13.7 Å². The molecule has 23 heavy (non-hydrogen) atoms. The van der Waals surface area contributed by atoms with Crippen LogP contribution in [0.25, 0.3) is 5.78 Å². The zero-order chi connectivity index (χ0) is 17.0. The van der Waals surface area contributed by atoms with Gasteiger partial charge in [0, 0.05) is 18.4 Å². The maximum absolute atomic E-state index is 11.7. The number of nitrogens with one attached hydrogen (secondary N) is 1. The maximum Gasteiger partial charge on any atom is 0.403 e. The average Bonchev–Trinajstić information content (AvgIpc) is 2.89. The molecule has 0 radical (unpaired) electrons. The second-order valence-corrected chi connectivity index (χ2v) is 6.36. The van der Waals surface area contributed by atoms with E-state index in [1.54, 1.807) is 13.8 Å². The van der Waals surface area contributed by atoms with Crippen LogP contribution in [-0.2, 0) is 20.4 Å². The van der Waals surface area contributed by atoms with Crippen LogP contribution in [0.2, 0.25) is 5.15 Å². The molecule has 9 nitrogen and oxygen atoms in total. The molecule has 2 heterocycles. The first-order valence-electron chi connectivity index (χ1n) is 6.80. The average molecular weight is 363 g/mol. The Morgan fingerprint density at radius 1 is 1.43 bits per heavy atom. The molecule has 0 aromatic carbocycles. The maximum atomic E-state index is 11.7. The van der Waals surface area contributed by atoms with Crippen LogP contribution in [-0.4, -0.2) is 38.4 Å². The fourth-order valence-electron chi connectivity index (χ4n) is 1.84. The van der Waals surface area contributed by atoms with Crippen molar-refractivity contribution in [3.05, 3.63) is 28.8 Å². The lowest BCUT2D eigenvalue weighted by atomic mass is 10.4. The number of aromatic nitrogens is 3. The van der Waals surface area contributed by atoms with Crippen LogP contribution in [0.5, 0.6) is 0 Å². The number of esters is 1. The Hall–Kier alpha value is -1.51. The summed E-state index contributed by atoms with van der Waals surface area (Å²) in [6.07, 6.45) is 1.43. The first-order valence-corrected chi connectivity index (χ1v) is 8.76. The van der Waals surface area contributed by atoms with Gasteiger partial charge in [-0.05, 0) is 19.9 Å². The van der Waals surface area contributed by atoms with Crippen molar-refractivity contribution >= 4 is 31.1 Å². The Morgan fingerprint density at radius 3 is 2.83 bits per heavy atom. The number of rotatable bonds is 7. The summed E-state index contributed by atoms with van der Waals surface area (Å²) in [5.74, 6) is -0.406. The number of hydrogen-bond donors (Lipinski definition) is 2. The molecular weight excluding hydrogens is 347 g/mol. The molecule has 0 fully saturated rings. The van der Waals surface area contributed by atoms with Gasteiger partial charge in [0.2, 0.25) is 5.78 Å². The van der Waals surface area contributed by atoms with Crippen LogP contribution in [0.1, 0.15) is 30.0 Å². The van der Waals surface area contributed by atoms with Crippen LogP contribution in [0, 0.1) is 0 Å². The second-order valence-electron chi connectivity index (χ2n) is 4.36. The summed E-state index contributed by atoms with van der Waals surface area (Å²) >= 11 is 5.91. The fraction of sp³-hybridized carbons (Fsp3) is 0.417. The molecule has 11 heteroatoms. The summed E-state index contributed by atoms with van der Waals surface area (Å²) in [6, 6.07) is 1.49. The molecule has 0 bridgehead atoms. The lowest BCUT2D eigenvalue weighted by Crippen LogP contribution is -2.14. The van der Waals surface area contributed by atoms with Gasteiger partial charge in [0.25, 0.3) is 0 Å². The number of carbonyl (C=O) groups excluding carboxylic acids is 1. The predicted octanol–water partition coefficient (Wildman–Crippen LogP) is 1.79. The number of carbonyl (C=O) groups is 1. The summed E-state index contributed by atoms with van der Waals surface area (Å²) in [4.78, 5) is 29.3. The third-order valence-corrected chi connectivity index (χ3v) is 4.10. The number of ether oxygens (including phenoxy) is 1. The first kappa shape index (κ1) is 17.8. The van der Waals surface area contributed by atoms with Gasteiger partial charge in [-0.25, -0.2) is 24.4 Å². The van der Waals surface area contributed by atoms with Crippen molar-refractivity contribution in [2.24, 2.45) is 0 Å². The van der Waals surface area contributed by atoms with Crippen molar-refractivity contribution in [1.29, 1.82) is 0 Å². The molecule has 0 aliphatic carbocycles. The van der Waals surface area contributed by atoms with Crippen molar-refractivity contribution in [1.82, 2.24) is 19.5 Å². The zero-order valence-electron chi connectivity index (χ0n) is 12.5. The Morgan fingerprint density at radius 2 is 2.17 bits per heavy atom. The molecule has 0 saturated heterocycles. The molecule has 2 aromatic rings. The molecule has 2 N–H and O–H groups in total. The monoisotopic (exact) mass is 362 g/mol. The summed E-state index contributed by atoms with van der Waals surface area (Å²) in [6.45, 7) is 3.56. The van der Waals surface area contributed by atoms with Crippen molar-refractivity contribution in [3.63, 3.8) is 0 Å². The van der Waals surface area contributed by atoms with E-state index in [-0.39, 0.29) is 36.4 Å². The molecular formula is C12H16ClN4O5P. The Labute approximate surface area is 137 Å². The van der Waals surface area contributed by atoms with Crippen LogP contribution in [0.3, 0.4) is 0 Å². The molecule has 2 rings (SSSR count). The SMILES string of the molecule is CCOC(=O)c1cn2c(CNP(=O)(O)OCC)cc(Cl)nc2n1. The van der Waals surface area contributed by atoms with Gasteiger partial charge in [-0.1, -0.05) is 11.6 Å². The number of hydrogen-bond acceptors (Lipinski definition) is 6. The van der Waals surface area contributed by atoms with E-state index in [0.717, 1.165) is 0 Å². The smallest absolute Gasteiger partial charge is 0.403 e. The van der Waals surface area contributed by atoms with Gasteiger partial charge < -0.3 is 9.63 Å². The predicted molar refractivity (Wildman–Crippen MR) is 82.2 cm³/mol. The Kier molecular flexibility index (Phi) is 5.72. The van der Waals surface area contributed by atoms with Crippen molar-refractivity contribution in [2.45, 2.75) is 20.4 Å². The number of nitrogens with zero attached hydrogens (tertiary/aromatic N) is 3. The van der Waals surface area contributed by atoms with Gasteiger partial charge in [0.15, 0.2) is 5.69 Å². The van der Waals surface area contributed by atoms with E-state index in [1.165, 1.54) is 16.7 Å². The van der Waals surface area contributed by atoms with E-state index >= 15 is 0 Å². The fourth-order valence-corrected chi connectivity index (χ4v) is 2.84. The second kappa shape index (κ2) is 7.37. The van der Waals surface area contributed by atoms with E-state index in [2.05, 4.69) is 15.1 Å². The van der Waals surface area contributed by atoms with E-state index < -0.39 is 13.7 Å². The molecule has 1 unspecified atom stereocenters. The van der Waals surface area contributed by atoms with Crippen molar-refractivity contribution < 1.29 is 23.5 Å². The van der Waals surface area contributed by atoms with Crippen molar-refractivity contribution in [2.75, 3.05) is 13.2 Å². The van der Waals surface area contributed by atoms with Crippen LogP contribution in [0.4, 0.5) is 0 Å². The van der Waals surface area contributed by atoms with Gasteiger partial charge in [-0.3, -0.25) is 8.92 Å². The number of imidazole rings is 1. The van der Waals surface area contributed by atoms with Gasteiger partial charge in [0.1, 0.15) is 5.15 Å². The Bertz CT molecular complexity index is 765.